The molecule has 1 unspecified atom stereocenters. The lowest BCUT2D eigenvalue weighted by molar-refractivity contribution is 0.266. The maximum Gasteiger partial charge on any atom is 0.0635 e. The summed E-state index contributed by atoms with van der Waals surface area (Å²) in [4.78, 5) is 2.33. The van der Waals surface area contributed by atoms with E-state index >= 15 is 0 Å². The first-order chi connectivity index (χ1) is 8.26. The van der Waals surface area contributed by atoms with E-state index in [9.17, 15) is 5.11 Å². The van der Waals surface area contributed by atoms with Crippen molar-refractivity contribution in [2.75, 3.05) is 25.1 Å². The molecule has 2 N–H and O–H groups in total. The fraction of sp³-hybridized carbons (Fsp3) is 0.538. The monoisotopic (exact) mass is 298 g/mol. The van der Waals surface area contributed by atoms with Crippen LogP contribution in [0.15, 0.2) is 22.7 Å². The van der Waals surface area contributed by atoms with Crippen LogP contribution < -0.4 is 10.2 Å². The topological polar surface area (TPSA) is 35.5 Å². The Morgan fingerprint density at radius 1 is 1.53 bits per heavy atom. The van der Waals surface area contributed by atoms with Crippen molar-refractivity contribution < 1.29 is 5.11 Å². The molecule has 1 fully saturated rings. The van der Waals surface area contributed by atoms with E-state index in [2.05, 4.69) is 44.3 Å². The van der Waals surface area contributed by atoms with Crippen molar-refractivity contribution in [3.8, 4) is 0 Å². The Kier molecular flexibility index (Phi) is 4.42. The minimum Gasteiger partial charge on any atom is -0.394 e. The molecule has 0 amide bonds. The Hall–Kier alpha value is -0.580. The molecule has 2 rings (SSSR count). The molecule has 0 aliphatic carbocycles. The van der Waals surface area contributed by atoms with E-state index in [4.69, 9.17) is 0 Å². The second-order valence-corrected chi connectivity index (χ2v) is 5.39. The molecule has 94 valence electrons. The minimum atomic E-state index is 0.245. The van der Waals surface area contributed by atoms with Gasteiger partial charge in [0.1, 0.15) is 0 Å². The molecule has 1 aliphatic heterocycles. The summed E-state index contributed by atoms with van der Waals surface area (Å²) in [5.74, 6) is 0. The van der Waals surface area contributed by atoms with Gasteiger partial charge in [-0.1, -0.05) is 15.9 Å². The van der Waals surface area contributed by atoms with Gasteiger partial charge in [-0.15, -0.1) is 0 Å². The number of benzene rings is 1. The maximum absolute atomic E-state index is 9.41. The van der Waals surface area contributed by atoms with E-state index in [1.165, 1.54) is 17.7 Å². The third kappa shape index (κ3) is 2.81. The Morgan fingerprint density at radius 2 is 2.35 bits per heavy atom. The van der Waals surface area contributed by atoms with Crippen LogP contribution in [0.5, 0.6) is 0 Å². The van der Waals surface area contributed by atoms with E-state index in [1.807, 2.05) is 7.05 Å². The molecule has 4 heteroatoms. The van der Waals surface area contributed by atoms with Gasteiger partial charge in [-0.05, 0) is 43.7 Å². The van der Waals surface area contributed by atoms with Gasteiger partial charge in [0, 0.05) is 23.2 Å². The van der Waals surface area contributed by atoms with Crippen molar-refractivity contribution in [3.05, 3.63) is 28.2 Å². The molecule has 0 saturated carbocycles. The summed E-state index contributed by atoms with van der Waals surface area (Å²) >= 11 is 3.51. The number of hydrogen-bond donors (Lipinski definition) is 2. The van der Waals surface area contributed by atoms with Gasteiger partial charge in [-0.2, -0.15) is 0 Å². The van der Waals surface area contributed by atoms with Crippen LogP contribution in [-0.4, -0.2) is 31.3 Å². The molecule has 3 nitrogen and oxygen atoms in total. The van der Waals surface area contributed by atoms with E-state index in [-0.39, 0.29) is 12.6 Å². The van der Waals surface area contributed by atoms with Gasteiger partial charge >= 0.3 is 0 Å². The summed E-state index contributed by atoms with van der Waals surface area (Å²) in [6, 6.07) is 6.65. The third-order valence-electron chi connectivity index (χ3n) is 3.31. The average molecular weight is 299 g/mol. The fourth-order valence-corrected chi connectivity index (χ4v) is 2.92. The first-order valence-corrected chi connectivity index (χ1v) is 6.86. The molecule has 0 aromatic heterocycles. The zero-order valence-corrected chi connectivity index (χ0v) is 11.7. The van der Waals surface area contributed by atoms with Gasteiger partial charge in [-0.3, -0.25) is 0 Å². The SMILES string of the molecule is CNCc1cc(Br)ccc1N1CCCC1CO. The van der Waals surface area contributed by atoms with Crippen molar-refractivity contribution in [1.29, 1.82) is 0 Å². The first kappa shape index (κ1) is 12.9. The molecule has 1 saturated heterocycles. The molecular weight excluding hydrogens is 280 g/mol. The highest BCUT2D eigenvalue weighted by molar-refractivity contribution is 9.10. The van der Waals surface area contributed by atoms with Crippen LogP contribution in [0.1, 0.15) is 18.4 Å². The van der Waals surface area contributed by atoms with Crippen molar-refractivity contribution in [3.63, 3.8) is 0 Å². The number of anilines is 1. The van der Waals surface area contributed by atoms with Gasteiger partial charge < -0.3 is 15.3 Å². The predicted molar refractivity (Wildman–Crippen MR) is 74.4 cm³/mol. The molecule has 17 heavy (non-hydrogen) atoms. The van der Waals surface area contributed by atoms with Gasteiger partial charge in [0.2, 0.25) is 0 Å². The molecular formula is C13H19BrN2O. The zero-order valence-electron chi connectivity index (χ0n) is 10.1. The lowest BCUT2D eigenvalue weighted by atomic mass is 10.1. The first-order valence-electron chi connectivity index (χ1n) is 6.06. The van der Waals surface area contributed by atoms with E-state index in [0.29, 0.717) is 0 Å². The fourth-order valence-electron chi connectivity index (χ4n) is 2.51. The van der Waals surface area contributed by atoms with Crippen LogP contribution in [-0.2, 0) is 6.54 Å². The smallest absolute Gasteiger partial charge is 0.0635 e. The Morgan fingerprint density at radius 3 is 3.06 bits per heavy atom. The number of rotatable bonds is 4. The third-order valence-corrected chi connectivity index (χ3v) is 3.80. The average Bonchev–Trinajstić information content (AvgIpc) is 2.78. The zero-order chi connectivity index (χ0) is 12.3. The van der Waals surface area contributed by atoms with E-state index in [0.717, 1.165) is 24.0 Å². The molecule has 1 aliphatic rings. The largest absolute Gasteiger partial charge is 0.394 e. The Balaban J connectivity index is 2.30. The summed E-state index contributed by atoms with van der Waals surface area (Å²) in [5, 5.41) is 12.6. The number of nitrogens with one attached hydrogen (secondary N) is 1. The van der Waals surface area contributed by atoms with Gasteiger partial charge in [0.15, 0.2) is 0 Å². The quantitative estimate of drug-likeness (QED) is 0.894. The minimum absolute atomic E-state index is 0.245. The summed E-state index contributed by atoms with van der Waals surface area (Å²) in [5.41, 5.74) is 2.53. The van der Waals surface area contributed by atoms with Crippen LogP contribution in [0, 0.1) is 0 Å². The van der Waals surface area contributed by atoms with Gasteiger partial charge in [0.25, 0.3) is 0 Å². The Labute approximate surface area is 111 Å². The van der Waals surface area contributed by atoms with Crippen LogP contribution in [0.2, 0.25) is 0 Å². The maximum atomic E-state index is 9.41. The standard InChI is InChI=1S/C13H19BrN2O/c1-15-8-10-7-11(14)4-5-13(10)16-6-2-3-12(16)9-17/h4-5,7,12,15,17H,2-3,6,8-9H2,1H3. The van der Waals surface area contributed by atoms with Crippen LogP contribution >= 0.6 is 15.9 Å². The van der Waals surface area contributed by atoms with Crippen LogP contribution in [0.4, 0.5) is 5.69 Å². The number of nitrogens with zero attached hydrogens (tertiary/aromatic N) is 1. The van der Waals surface area contributed by atoms with Crippen molar-refractivity contribution in [2.24, 2.45) is 0 Å². The van der Waals surface area contributed by atoms with Gasteiger partial charge in [-0.25, -0.2) is 0 Å². The molecule has 1 aromatic carbocycles. The highest BCUT2D eigenvalue weighted by Gasteiger charge is 2.25. The normalized spacial score (nSPS) is 19.9. The van der Waals surface area contributed by atoms with Crippen LogP contribution in [0.3, 0.4) is 0 Å². The summed E-state index contributed by atoms with van der Waals surface area (Å²) in [6.07, 6.45) is 2.26. The van der Waals surface area contributed by atoms with Crippen LogP contribution in [0.25, 0.3) is 0 Å². The van der Waals surface area contributed by atoms with Crippen molar-refractivity contribution >= 4 is 21.6 Å². The number of aliphatic hydroxyl groups is 1. The number of hydrogen-bond acceptors (Lipinski definition) is 3. The molecule has 0 spiro atoms. The highest BCUT2D eigenvalue weighted by Crippen LogP contribution is 2.30. The van der Waals surface area contributed by atoms with Gasteiger partial charge in [0.05, 0.1) is 12.6 Å². The predicted octanol–water partition coefficient (Wildman–Crippen LogP) is 2.13. The summed E-state index contributed by atoms with van der Waals surface area (Å²) in [7, 11) is 1.96. The highest BCUT2D eigenvalue weighted by atomic mass is 79.9. The van der Waals surface area contributed by atoms with Crippen molar-refractivity contribution in [1.82, 2.24) is 5.32 Å². The second kappa shape index (κ2) is 5.85. The number of halogens is 1. The number of aliphatic hydroxyl groups excluding tert-OH is 1. The molecule has 0 radical (unpaired) electrons. The summed E-state index contributed by atoms with van der Waals surface area (Å²) in [6.45, 7) is 2.14. The van der Waals surface area contributed by atoms with Crippen molar-refractivity contribution in [2.45, 2.75) is 25.4 Å². The molecule has 0 bridgehead atoms. The summed E-state index contributed by atoms with van der Waals surface area (Å²) < 4.78 is 1.10. The molecule has 1 heterocycles. The molecule has 1 atom stereocenters. The second-order valence-electron chi connectivity index (χ2n) is 4.48. The Bertz CT molecular complexity index is 384. The lowest BCUT2D eigenvalue weighted by Crippen LogP contribution is -2.33. The molecule has 1 aromatic rings. The van der Waals surface area contributed by atoms with E-state index < -0.39 is 0 Å². The lowest BCUT2D eigenvalue weighted by Gasteiger charge is -2.27. The van der Waals surface area contributed by atoms with E-state index in [1.54, 1.807) is 0 Å².